The Morgan fingerprint density at radius 1 is 0.625 bits per heavy atom. The van der Waals surface area contributed by atoms with Crippen molar-refractivity contribution in [3.8, 4) is 18.0 Å². The molecule has 3 unspecified atom stereocenters. The maximum atomic E-state index is 5.57. The van der Waals surface area contributed by atoms with E-state index >= 15 is 0 Å². The normalized spacial score (nSPS) is 26.8. The molecule has 3 aliphatic heterocycles. The fourth-order valence-electron chi connectivity index (χ4n) is 2.06. The second-order valence-electron chi connectivity index (χ2n) is 5.96. The fraction of sp³-hybridized carbons (Fsp3) is 0.800. The Hall–Kier alpha value is -1.71. The molecule has 0 aliphatic carbocycles. The molecule has 0 radical (unpaired) electrons. The van der Waals surface area contributed by atoms with Crippen molar-refractivity contribution in [3.05, 3.63) is 0 Å². The van der Waals surface area contributed by atoms with Gasteiger partial charge < -0.3 is 28.4 Å². The predicted octanol–water partition coefficient (Wildman–Crippen LogP) is 0.375. The van der Waals surface area contributed by atoms with Crippen LogP contribution in [0.5, 0.6) is 18.0 Å². The summed E-state index contributed by atoms with van der Waals surface area (Å²) >= 11 is 0. The summed E-state index contributed by atoms with van der Waals surface area (Å²) in [6, 6.07) is 0.628. The van der Waals surface area contributed by atoms with Crippen LogP contribution < -0.4 is 14.2 Å². The van der Waals surface area contributed by atoms with Crippen molar-refractivity contribution in [3.63, 3.8) is 0 Å². The first-order chi connectivity index (χ1) is 11.8. The van der Waals surface area contributed by atoms with E-state index in [9.17, 15) is 0 Å². The molecule has 132 valence electrons. The Morgan fingerprint density at radius 2 is 0.917 bits per heavy atom. The van der Waals surface area contributed by atoms with Gasteiger partial charge in [0.15, 0.2) is 0 Å². The van der Waals surface area contributed by atoms with Gasteiger partial charge in [0.05, 0.1) is 58.0 Å². The van der Waals surface area contributed by atoms with Crippen molar-refractivity contribution < 1.29 is 28.4 Å². The zero-order valence-corrected chi connectivity index (χ0v) is 13.4. The second-order valence-corrected chi connectivity index (χ2v) is 5.96. The third kappa shape index (κ3) is 5.43. The summed E-state index contributed by atoms with van der Waals surface area (Å²) in [4.78, 5) is 12.5. The van der Waals surface area contributed by atoms with Crippen molar-refractivity contribution >= 4 is 0 Å². The number of hydrogen-bond donors (Lipinski definition) is 0. The van der Waals surface area contributed by atoms with Crippen LogP contribution in [-0.2, 0) is 14.2 Å². The van der Waals surface area contributed by atoms with Crippen molar-refractivity contribution in [2.45, 2.75) is 37.6 Å². The molecule has 0 N–H and O–H groups in total. The van der Waals surface area contributed by atoms with Crippen molar-refractivity contribution in [1.29, 1.82) is 0 Å². The molecule has 9 heteroatoms. The van der Waals surface area contributed by atoms with Crippen molar-refractivity contribution in [2.75, 3.05) is 39.6 Å². The standard InChI is InChI=1S/C15H21N3O6/c1(10-7-22-10)4-19-13-16-14(20-5-2-11-8-23-11)18-15(17-13)21-6-3-12-9-24-12/h10-12H,1-9H2. The van der Waals surface area contributed by atoms with Crippen LogP contribution in [0.25, 0.3) is 0 Å². The molecule has 0 saturated carbocycles. The van der Waals surface area contributed by atoms with E-state index in [1.807, 2.05) is 0 Å². The molecule has 3 atom stereocenters. The lowest BCUT2D eigenvalue weighted by Gasteiger charge is -2.09. The van der Waals surface area contributed by atoms with Gasteiger partial charge in [-0.3, -0.25) is 0 Å². The van der Waals surface area contributed by atoms with Gasteiger partial charge in [0, 0.05) is 19.3 Å². The highest BCUT2D eigenvalue weighted by molar-refractivity contribution is 5.09. The predicted molar refractivity (Wildman–Crippen MR) is 79.4 cm³/mol. The monoisotopic (exact) mass is 339 g/mol. The molecule has 4 heterocycles. The molecule has 4 rings (SSSR count). The number of rotatable bonds is 12. The average molecular weight is 339 g/mol. The van der Waals surface area contributed by atoms with Gasteiger partial charge in [-0.15, -0.1) is 15.0 Å². The zero-order valence-electron chi connectivity index (χ0n) is 13.4. The molecule has 0 amide bonds. The van der Waals surface area contributed by atoms with Crippen molar-refractivity contribution in [1.82, 2.24) is 15.0 Å². The van der Waals surface area contributed by atoms with Crippen LogP contribution in [0.2, 0.25) is 0 Å². The van der Waals surface area contributed by atoms with Crippen LogP contribution in [0.1, 0.15) is 19.3 Å². The number of nitrogens with zero attached hydrogens (tertiary/aromatic N) is 3. The summed E-state index contributed by atoms with van der Waals surface area (Å²) < 4.78 is 32.1. The van der Waals surface area contributed by atoms with Gasteiger partial charge in [0.25, 0.3) is 0 Å². The van der Waals surface area contributed by atoms with E-state index in [0.717, 1.165) is 39.1 Å². The van der Waals surface area contributed by atoms with Gasteiger partial charge in [-0.05, 0) is 0 Å². The van der Waals surface area contributed by atoms with Crippen LogP contribution >= 0.6 is 0 Å². The number of epoxide rings is 3. The molecule has 3 fully saturated rings. The van der Waals surface area contributed by atoms with E-state index in [2.05, 4.69) is 15.0 Å². The Labute approximate surface area is 139 Å². The maximum Gasteiger partial charge on any atom is 0.325 e. The second kappa shape index (κ2) is 7.45. The molecule has 3 aliphatic rings. The minimum absolute atomic E-state index is 0.209. The number of ether oxygens (including phenoxy) is 6. The first kappa shape index (κ1) is 15.8. The first-order valence-corrected chi connectivity index (χ1v) is 8.34. The summed E-state index contributed by atoms with van der Waals surface area (Å²) in [5, 5.41) is 0. The minimum Gasteiger partial charge on any atom is -0.463 e. The van der Waals surface area contributed by atoms with E-state index in [-0.39, 0.29) is 18.0 Å². The van der Waals surface area contributed by atoms with Gasteiger partial charge in [-0.2, -0.15) is 0 Å². The third-order valence-electron chi connectivity index (χ3n) is 3.79. The Bertz CT molecular complexity index is 459. The molecule has 1 aromatic rings. The smallest absolute Gasteiger partial charge is 0.325 e. The van der Waals surface area contributed by atoms with Gasteiger partial charge in [-0.1, -0.05) is 0 Å². The maximum absolute atomic E-state index is 5.57. The van der Waals surface area contributed by atoms with E-state index in [1.165, 1.54) is 0 Å². The molecule has 9 nitrogen and oxygen atoms in total. The summed E-state index contributed by atoms with van der Waals surface area (Å²) in [6.07, 6.45) is 3.35. The SMILES string of the molecule is C(CC1CO1)Oc1nc(OCCC2CO2)nc(OCCC2CO2)n1. The Kier molecular flexibility index (Phi) is 4.91. The third-order valence-corrected chi connectivity index (χ3v) is 3.79. The molecular weight excluding hydrogens is 318 g/mol. The molecule has 24 heavy (non-hydrogen) atoms. The van der Waals surface area contributed by atoms with Crippen LogP contribution in [0.3, 0.4) is 0 Å². The van der Waals surface area contributed by atoms with Crippen LogP contribution in [0.4, 0.5) is 0 Å². The first-order valence-electron chi connectivity index (χ1n) is 8.34. The lowest BCUT2D eigenvalue weighted by atomic mass is 10.3. The summed E-state index contributed by atoms with van der Waals surface area (Å²) in [6.45, 7) is 3.86. The molecule has 0 bridgehead atoms. The Balaban J connectivity index is 1.31. The quantitative estimate of drug-likeness (QED) is 0.500. The van der Waals surface area contributed by atoms with Gasteiger partial charge >= 0.3 is 18.0 Å². The highest BCUT2D eigenvalue weighted by atomic mass is 16.6. The minimum atomic E-state index is 0.209. The van der Waals surface area contributed by atoms with Gasteiger partial charge in [-0.25, -0.2) is 0 Å². The summed E-state index contributed by atoms with van der Waals surface area (Å²) in [5.74, 6) is 0. The van der Waals surface area contributed by atoms with E-state index < -0.39 is 0 Å². The zero-order chi connectivity index (χ0) is 16.2. The molecule has 3 saturated heterocycles. The highest BCUT2D eigenvalue weighted by Gasteiger charge is 2.24. The lowest BCUT2D eigenvalue weighted by molar-refractivity contribution is 0.218. The van der Waals surface area contributed by atoms with Gasteiger partial charge in [0.1, 0.15) is 0 Å². The number of hydrogen-bond acceptors (Lipinski definition) is 9. The van der Waals surface area contributed by atoms with Crippen LogP contribution in [-0.4, -0.2) is 72.9 Å². The molecular formula is C15H21N3O6. The van der Waals surface area contributed by atoms with Crippen LogP contribution in [0.15, 0.2) is 0 Å². The van der Waals surface area contributed by atoms with Gasteiger partial charge in [0.2, 0.25) is 0 Å². The summed E-state index contributed by atoms with van der Waals surface area (Å²) in [7, 11) is 0. The highest BCUT2D eigenvalue weighted by Crippen LogP contribution is 2.19. The summed E-state index contributed by atoms with van der Waals surface area (Å²) in [5.41, 5.74) is 0. The Morgan fingerprint density at radius 3 is 1.17 bits per heavy atom. The topological polar surface area (TPSA) is 104 Å². The van der Waals surface area contributed by atoms with Crippen LogP contribution in [0, 0.1) is 0 Å². The lowest BCUT2D eigenvalue weighted by Crippen LogP contribution is -2.11. The van der Waals surface area contributed by atoms with E-state index in [0.29, 0.717) is 38.1 Å². The molecule has 1 aromatic heterocycles. The fourth-order valence-corrected chi connectivity index (χ4v) is 2.06. The average Bonchev–Trinajstić information content (AvgIpc) is 3.42. The largest absolute Gasteiger partial charge is 0.463 e. The van der Waals surface area contributed by atoms with E-state index in [4.69, 9.17) is 28.4 Å². The van der Waals surface area contributed by atoms with E-state index in [1.54, 1.807) is 0 Å². The van der Waals surface area contributed by atoms with Crippen molar-refractivity contribution in [2.24, 2.45) is 0 Å². The molecule has 0 spiro atoms. The number of aromatic nitrogens is 3. The molecule has 0 aromatic carbocycles.